The standard InChI is InChI=1S/C27H19F4N/c1-2-3-4-18-7-10-27(32-16-18)21-14-23(28)22(24(29)15-21)9-6-17-5-8-19-12-25(30)26(31)13-20(19)11-17/h5,7-8,10-16H,2-4H2,1H3. The predicted molar refractivity (Wildman–Crippen MR) is 118 cm³/mol. The molecular weight excluding hydrogens is 414 g/mol. The van der Waals surface area contributed by atoms with Crippen molar-refractivity contribution >= 4 is 10.8 Å². The Morgan fingerprint density at radius 2 is 1.47 bits per heavy atom. The Bertz CT molecular complexity index is 1330. The SMILES string of the molecule is CCCCc1ccc(-c2cc(F)c(C#Cc3ccc4cc(F)c(F)cc4c3)c(F)c2)nc1. The fourth-order valence-corrected chi connectivity index (χ4v) is 3.42. The van der Waals surface area contributed by atoms with Crippen molar-refractivity contribution < 1.29 is 17.6 Å². The van der Waals surface area contributed by atoms with E-state index in [2.05, 4.69) is 23.7 Å². The number of hydrogen-bond donors (Lipinski definition) is 0. The highest BCUT2D eigenvalue weighted by Gasteiger charge is 2.12. The van der Waals surface area contributed by atoms with Gasteiger partial charge in [-0.3, -0.25) is 4.98 Å². The van der Waals surface area contributed by atoms with Crippen molar-refractivity contribution in [1.82, 2.24) is 4.98 Å². The third kappa shape index (κ3) is 4.65. The van der Waals surface area contributed by atoms with Gasteiger partial charge in [0.15, 0.2) is 11.6 Å². The van der Waals surface area contributed by atoms with Crippen LogP contribution in [0.3, 0.4) is 0 Å². The van der Waals surface area contributed by atoms with E-state index >= 15 is 0 Å². The zero-order chi connectivity index (χ0) is 22.7. The van der Waals surface area contributed by atoms with Crippen molar-refractivity contribution in [2.45, 2.75) is 26.2 Å². The number of aromatic nitrogens is 1. The highest BCUT2D eigenvalue weighted by atomic mass is 19.2. The van der Waals surface area contributed by atoms with Gasteiger partial charge in [0.25, 0.3) is 0 Å². The molecule has 4 aromatic rings. The second-order valence-corrected chi connectivity index (χ2v) is 7.55. The van der Waals surface area contributed by atoms with E-state index in [0.717, 1.165) is 37.0 Å². The summed E-state index contributed by atoms with van der Waals surface area (Å²) < 4.78 is 56.1. The maximum atomic E-state index is 14.6. The van der Waals surface area contributed by atoms with E-state index in [-0.39, 0.29) is 5.56 Å². The van der Waals surface area contributed by atoms with Crippen molar-refractivity contribution in [1.29, 1.82) is 0 Å². The van der Waals surface area contributed by atoms with Crippen molar-refractivity contribution in [3.63, 3.8) is 0 Å². The van der Waals surface area contributed by atoms with Crippen molar-refractivity contribution in [3.05, 3.63) is 101 Å². The second kappa shape index (κ2) is 9.23. The van der Waals surface area contributed by atoms with E-state index in [1.54, 1.807) is 30.5 Å². The number of aryl methyl sites for hydroxylation is 1. The van der Waals surface area contributed by atoms with E-state index in [1.165, 1.54) is 12.1 Å². The van der Waals surface area contributed by atoms with Gasteiger partial charge in [0.1, 0.15) is 11.6 Å². The van der Waals surface area contributed by atoms with Gasteiger partial charge in [-0.15, -0.1) is 0 Å². The van der Waals surface area contributed by atoms with Crippen LogP contribution in [0, 0.1) is 35.1 Å². The van der Waals surface area contributed by atoms with E-state index in [9.17, 15) is 17.6 Å². The highest BCUT2D eigenvalue weighted by Crippen LogP contribution is 2.24. The van der Waals surface area contributed by atoms with Gasteiger partial charge >= 0.3 is 0 Å². The minimum Gasteiger partial charge on any atom is -0.256 e. The maximum Gasteiger partial charge on any atom is 0.159 e. The Morgan fingerprint density at radius 1 is 0.750 bits per heavy atom. The number of nitrogens with zero attached hydrogens (tertiary/aromatic N) is 1. The monoisotopic (exact) mass is 433 g/mol. The first-order valence-electron chi connectivity index (χ1n) is 10.3. The summed E-state index contributed by atoms with van der Waals surface area (Å²) in [5.41, 5.74) is 1.95. The minimum atomic E-state index is -0.970. The summed E-state index contributed by atoms with van der Waals surface area (Å²) in [4.78, 5) is 4.32. The van der Waals surface area contributed by atoms with Crippen LogP contribution in [0.4, 0.5) is 17.6 Å². The Balaban J connectivity index is 1.61. The smallest absolute Gasteiger partial charge is 0.159 e. The second-order valence-electron chi connectivity index (χ2n) is 7.55. The fourth-order valence-electron chi connectivity index (χ4n) is 3.42. The van der Waals surface area contributed by atoms with Gasteiger partial charge in [-0.05, 0) is 71.6 Å². The highest BCUT2D eigenvalue weighted by molar-refractivity contribution is 5.84. The van der Waals surface area contributed by atoms with Crippen molar-refractivity contribution in [3.8, 4) is 23.1 Å². The molecule has 3 aromatic carbocycles. The number of hydrogen-bond acceptors (Lipinski definition) is 1. The van der Waals surface area contributed by atoms with Crippen LogP contribution < -0.4 is 0 Å². The quantitative estimate of drug-likeness (QED) is 0.245. The molecule has 0 aliphatic carbocycles. The topological polar surface area (TPSA) is 12.9 Å². The Hall–Kier alpha value is -3.65. The average molecular weight is 433 g/mol. The van der Waals surface area contributed by atoms with Crippen LogP contribution in [0.1, 0.15) is 36.5 Å². The molecule has 1 heterocycles. The summed E-state index contributed by atoms with van der Waals surface area (Å²) in [5.74, 6) is 1.71. The molecule has 0 saturated heterocycles. The third-order valence-corrected chi connectivity index (χ3v) is 5.19. The Kier molecular flexibility index (Phi) is 6.23. The van der Waals surface area contributed by atoms with Crippen LogP contribution in [-0.2, 0) is 6.42 Å². The summed E-state index contributed by atoms with van der Waals surface area (Å²) in [5, 5.41) is 0.949. The number of rotatable bonds is 4. The molecule has 0 amide bonds. The van der Waals surface area contributed by atoms with E-state index in [0.29, 0.717) is 27.6 Å². The first-order valence-corrected chi connectivity index (χ1v) is 10.3. The molecule has 0 aliphatic heterocycles. The largest absolute Gasteiger partial charge is 0.256 e. The summed E-state index contributed by atoms with van der Waals surface area (Å²) in [6, 6.07) is 12.9. The molecule has 1 nitrogen and oxygen atoms in total. The summed E-state index contributed by atoms with van der Waals surface area (Å²) in [6.07, 6.45) is 4.77. The number of benzene rings is 3. The number of unbranched alkanes of at least 4 members (excludes halogenated alkanes) is 1. The maximum absolute atomic E-state index is 14.6. The molecule has 0 radical (unpaired) electrons. The van der Waals surface area contributed by atoms with Gasteiger partial charge < -0.3 is 0 Å². The molecule has 0 aliphatic rings. The van der Waals surface area contributed by atoms with Crippen LogP contribution in [0.15, 0.2) is 60.8 Å². The summed E-state index contributed by atoms with van der Waals surface area (Å²) >= 11 is 0. The van der Waals surface area contributed by atoms with E-state index in [4.69, 9.17) is 0 Å². The average Bonchev–Trinajstić information content (AvgIpc) is 2.78. The van der Waals surface area contributed by atoms with Crippen LogP contribution >= 0.6 is 0 Å². The van der Waals surface area contributed by atoms with Crippen molar-refractivity contribution in [2.75, 3.05) is 0 Å². The Labute approximate surface area is 183 Å². The van der Waals surface area contributed by atoms with Gasteiger partial charge in [-0.1, -0.05) is 37.3 Å². The van der Waals surface area contributed by atoms with Crippen LogP contribution in [0.25, 0.3) is 22.0 Å². The molecule has 0 saturated carbocycles. The molecule has 1 aromatic heterocycles. The van der Waals surface area contributed by atoms with Crippen molar-refractivity contribution in [2.24, 2.45) is 0 Å². The lowest BCUT2D eigenvalue weighted by Crippen LogP contribution is -1.94. The Morgan fingerprint density at radius 3 is 2.12 bits per heavy atom. The predicted octanol–water partition coefficient (Wildman–Crippen LogP) is 7.20. The molecule has 5 heteroatoms. The van der Waals surface area contributed by atoms with Crippen LogP contribution in [-0.4, -0.2) is 4.98 Å². The molecule has 0 spiro atoms. The normalized spacial score (nSPS) is 10.8. The van der Waals surface area contributed by atoms with Crippen LogP contribution in [0.5, 0.6) is 0 Å². The molecule has 0 N–H and O–H groups in total. The number of fused-ring (bicyclic) bond motifs is 1. The molecule has 160 valence electrons. The number of halogens is 4. The van der Waals surface area contributed by atoms with Gasteiger partial charge in [0.2, 0.25) is 0 Å². The first-order chi connectivity index (χ1) is 15.4. The van der Waals surface area contributed by atoms with E-state index < -0.39 is 23.3 Å². The lowest BCUT2D eigenvalue weighted by atomic mass is 10.0. The third-order valence-electron chi connectivity index (χ3n) is 5.19. The van der Waals surface area contributed by atoms with Gasteiger partial charge in [-0.2, -0.15) is 0 Å². The van der Waals surface area contributed by atoms with E-state index in [1.807, 2.05) is 6.07 Å². The molecule has 32 heavy (non-hydrogen) atoms. The lowest BCUT2D eigenvalue weighted by molar-refractivity contribution is 0.511. The number of pyridine rings is 1. The zero-order valence-electron chi connectivity index (χ0n) is 17.4. The van der Waals surface area contributed by atoms with Crippen LogP contribution in [0.2, 0.25) is 0 Å². The van der Waals surface area contributed by atoms with Gasteiger partial charge in [0, 0.05) is 17.3 Å². The fraction of sp³-hybridized carbons (Fsp3) is 0.148. The zero-order valence-corrected chi connectivity index (χ0v) is 17.4. The first kappa shape index (κ1) is 21.6. The molecule has 4 rings (SSSR count). The minimum absolute atomic E-state index is 0.329. The molecule has 0 bridgehead atoms. The molecule has 0 atom stereocenters. The summed E-state index contributed by atoms with van der Waals surface area (Å²) in [7, 11) is 0. The van der Waals surface area contributed by atoms with Gasteiger partial charge in [0.05, 0.1) is 11.3 Å². The molecule has 0 unspecified atom stereocenters. The van der Waals surface area contributed by atoms with Gasteiger partial charge in [-0.25, -0.2) is 17.6 Å². The lowest BCUT2D eigenvalue weighted by Gasteiger charge is -2.06. The summed E-state index contributed by atoms with van der Waals surface area (Å²) in [6.45, 7) is 2.11. The molecular formula is C27H19F4N. The molecule has 0 fully saturated rings.